The Morgan fingerprint density at radius 1 is 0.750 bits per heavy atom. The van der Waals surface area contributed by atoms with E-state index in [0.29, 0.717) is 6.54 Å². The smallest absolute Gasteiger partial charge is 0.332 e. The highest BCUT2D eigenvalue weighted by atomic mass is 32.2. The summed E-state index contributed by atoms with van der Waals surface area (Å²) in [7, 11) is -0.626. The molecule has 1 N–H and O–H groups in total. The van der Waals surface area contributed by atoms with Gasteiger partial charge in [-0.15, -0.1) is 0 Å². The number of carbonyl (C=O) groups is 1. The van der Waals surface area contributed by atoms with Crippen LogP contribution < -0.4 is 5.32 Å². The van der Waals surface area contributed by atoms with Crippen molar-refractivity contribution in [2.24, 2.45) is 4.36 Å². The Bertz CT molecular complexity index is 777. The highest BCUT2D eigenvalue weighted by molar-refractivity contribution is 7.87. The number of hydrogen-bond acceptors (Lipinski definition) is 1. The van der Waals surface area contributed by atoms with Gasteiger partial charge in [0.05, 0.1) is 0 Å². The molecule has 0 heterocycles. The molecule has 0 unspecified atom stereocenters. The molecule has 24 heavy (non-hydrogen) atoms. The number of amides is 2. The van der Waals surface area contributed by atoms with Gasteiger partial charge in [-0.3, -0.25) is 0 Å². The third kappa shape index (κ3) is 4.40. The maximum Gasteiger partial charge on any atom is 0.347 e. The molecule has 0 spiro atoms. The summed E-state index contributed by atoms with van der Waals surface area (Å²) in [6.07, 6.45) is 0. The molecule has 0 radical (unpaired) electrons. The molecular weight excluding hydrogens is 316 g/mol. The fraction of sp³-hybridized carbons (Fsp3) is 0.0500. The standard InChI is InChI=1S/C20H18N2OS/c23-20(21-16-17-10-4-1-5-11-17)22-24(18-12-6-2-7-13-18)19-14-8-3-9-15-19/h1-15H,16H2,(H,21,23). The monoisotopic (exact) mass is 334 g/mol. The SMILES string of the molecule is O=C(N=S(c1ccccc1)c1ccccc1)NCc1ccccc1. The summed E-state index contributed by atoms with van der Waals surface area (Å²) in [6, 6.07) is 29.3. The van der Waals surface area contributed by atoms with Crippen molar-refractivity contribution < 1.29 is 4.79 Å². The molecule has 2 amide bonds. The summed E-state index contributed by atoms with van der Waals surface area (Å²) in [4.78, 5) is 14.4. The number of nitrogens with one attached hydrogen (secondary N) is 1. The number of rotatable bonds is 4. The van der Waals surface area contributed by atoms with Gasteiger partial charge in [0.1, 0.15) is 0 Å². The lowest BCUT2D eigenvalue weighted by molar-refractivity contribution is 0.249. The zero-order valence-electron chi connectivity index (χ0n) is 13.1. The summed E-state index contributed by atoms with van der Waals surface area (Å²) in [5.41, 5.74) is 1.06. The van der Waals surface area contributed by atoms with Crippen LogP contribution in [0.2, 0.25) is 0 Å². The Labute approximate surface area is 144 Å². The average molecular weight is 334 g/mol. The minimum atomic E-state index is -0.626. The summed E-state index contributed by atoms with van der Waals surface area (Å²) in [6.45, 7) is 0.476. The van der Waals surface area contributed by atoms with E-state index in [1.807, 2.05) is 91.0 Å². The van der Waals surface area contributed by atoms with Crippen LogP contribution in [0, 0.1) is 0 Å². The van der Waals surface area contributed by atoms with E-state index >= 15 is 0 Å². The van der Waals surface area contributed by atoms with Gasteiger partial charge in [0.15, 0.2) is 0 Å². The second kappa shape index (κ2) is 8.22. The van der Waals surface area contributed by atoms with Crippen molar-refractivity contribution in [1.29, 1.82) is 0 Å². The summed E-state index contributed by atoms with van der Waals surface area (Å²) >= 11 is 0. The summed E-state index contributed by atoms with van der Waals surface area (Å²) < 4.78 is 4.41. The molecular formula is C20H18N2OS. The van der Waals surface area contributed by atoms with E-state index in [1.54, 1.807) is 0 Å². The topological polar surface area (TPSA) is 41.5 Å². The van der Waals surface area contributed by atoms with Crippen LogP contribution in [0.5, 0.6) is 0 Å². The number of nitrogens with zero attached hydrogens (tertiary/aromatic N) is 1. The van der Waals surface area contributed by atoms with Crippen molar-refractivity contribution in [1.82, 2.24) is 5.32 Å². The van der Waals surface area contributed by atoms with Crippen molar-refractivity contribution in [3.8, 4) is 0 Å². The molecule has 0 aliphatic rings. The second-order valence-corrected chi connectivity index (χ2v) is 6.84. The van der Waals surface area contributed by atoms with Gasteiger partial charge in [-0.05, 0) is 40.5 Å². The normalized spacial score (nSPS) is 10.4. The summed E-state index contributed by atoms with van der Waals surface area (Å²) in [5, 5.41) is 2.87. The fourth-order valence-corrected chi connectivity index (χ4v) is 3.77. The molecule has 3 aromatic carbocycles. The van der Waals surface area contributed by atoms with Crippen LogP contribution in [0.1, 0.15) is 5.56 Å². The van der Waals surface area contributed by atoms with Crippen molar-refractivity contribution in [2.45, 2.75) is 16.3 Å². The number of hydrogen-bond donors (Lipinski definition) is 1. The number of benzene rings is 3. The largest absolute Gasteiger partial charge is 0.347 e. The molecule has 0 atom stereocenters. The third-order valence-corrected chi connectivity index (χ3v) is 5.18. The Kier molecular flexibility index (Phi) is 5.53. The van der Waals surface area contributed by atoms with Gasteiger partial charge in [0.25, 0.3) is 0 Å². The molecule has 0 aliphatic heterocycles. The third-order valence-electron chi connectivity index (χ3n) is 3.39. The number of carbonyl (C=O) groups excluding carboxylic acids is 1. The Morgan fingerprint density at radius 2 is 1.21 bits per heavy atom. The minimum Gasteiger partial charge on any atom is -0.332 e. The first-order chi connectivity index (χ1) is 11.8. The van der Waals surface area contributed by atoms with Crippen molar-refractivity contribution in [3.05, 3.63) is 96.6 Å². The fourth-order valence-electron chi connectivity index (χ4n) is 2.23. The highest BCUT2D eigenvalue weighted by Gasteiger charge is 2.07. The van der Waals surface area contributed by atoms with E-state index < -0.39 is 10.7 Å². The zero-order valence-corrected chi connectivity index (χ0v) is 13.9. The molecule has 0 fully saturated rings. The Hall–Kier alpha value is -2.72. The van der Waals surface area contributed by atoms with Gasteiger partial charge in [-0.1, -0.05) is 66.7 Å². The average Bonchev–Trinajstić information content (AvgIpc) is 2.67. The predicted molar refractivity (Wildman–Crippen MR) is 97.9 cm³/mol. The lowest BCUT2D eigenvalue weighted by atomic mass is 10.2. The molecule has 4 heteroatoms. The van der Waals surface area contributed by atoms with E-state index in [0.717, 1.165) is 15.4 Å². The Morgan fingerprint density at radius 3 is 1.71 bits per heavy atom. The quantitative estimate of drug-likeness (QED) is 0.730. The molecule has 0 bridgehead atoms. The van der Waals surface area contributed by atoms with Crippen LogP contribution in [-0.4, -0.2) is 6.03 Å². The molecule has 0 aromatic heterocycles. The predicted octanol–water partition coefficient (Wildman–Crippen LogP) is 4.82. The van der Waals surface area contributed by atoms with Gasteiger partial charge < -0.3 is 5.32 Å². The number of urea groups is 1. The van der Waals surface area contributed by atoms with Crippen LogP contribution in [0.4, 0.5) is 4.79 Å². The van der Waals surface area contributed by atoms with Crippen molar-refractivity contribution >= 4 is 16.7 Å². The molecule has 0 aliphatic carbocycles. The van der Waals surface area contributed by atoms with Crippen molar-refractivity contribution in [3.63, 3.8) is 0 Å². The first-order valence-electron chi connectivity index (χ1n) is 7.71. The van der Waals surface area contributed by atoms with Gasteiger partial charge in [-0.25, -0.2) is 4.79 Å². The van der Waals surface area contributed by atoms with Crippen LogP contribution in [-0.2, 0) is 17.2 Å². The van der Waals surface area contributed by atoms with Gasteiger partial charge in [0.2, 0.25) is 0 Å². The first kappa shape index (κ1) is 16.1. The first-order valence-corrected chi connectivity index (χ1v) is 8.89. The van der Waals surface area contributed by atoms with E-state index in [1.165, 1.54) is 0 Å². The Balaban J connectivity index is 1.82. The second-order valence-electron chi connectivity index (χ2n) is 5.15. The van der Waals surface area contributed by atoms with Crippen LogP contribution in [0.25, 0.3) is 0 Å². The molecule has 3 nitrogen and oxygen atoms in total. The zero-order chi connectivity index (χ0) is 16.6. The van der Waals surface area contributed by atoms with Gasteiger partial charge in [0, 0.05) is 16.3 Å². The maximum atomic E-state index is 12.3. The minimum absolute atomic E-state index is 0.296. The van der Waals surface area contributed by atoms with Crippen LogP contribution >= 0.6 is 0 Å². The van der Waals surface area contributed by atoms with E-state index in [4.69, 9.17) is 0 Å². The van der Waals surface area contributed by atoms with Gasteiger partial charge in [-0.2, -0.15) is 4.36 Å². The molecule has 0 saturated carbocycles. The highest BCUT2D eigenvalue weighted by Crippen LogP contribution is 2.18. The molecule has 3 aromatic rings. The lowest BCUT2D eigenvalue weighted by Crippen LogP contribution is -2.19. The molecule has 3 rings (SSSR count). The van der Waals surface area contributed by atoms with Crippen molar-refractivity contribution in [2.75, 3.05) is 0 Å². The van der Waals surface area contributed by atoms with Crippen LogP contribution in [0.3, 0.4) is 0 Å². The lowest BCUT2D eigenvalue weighted by Gasteiger charge is -2.09. The van der Waals surface area contributed by atoms with Gasteiger partial charge >= 0.3 is 6.03 Å². The molecule has 0 saturated heterocycles. The summed E-state index contributed by atoms with van der Waals surface area (Å²) in [5.74, 6) is 0. The molecule has 120 valence electrons. The van der Waals surface area contributed by atoms with E-state index in [2.05, 4.69) is 9.68 Å². The maximum absolute atomic E-state index is 12.3. The van der Waals surface area contributed by atoms with Crippen LogP contribution in [0.15, 0.2) is 105 Å². The van der Waals surface area contributed by atoms with E-state index in [-0.39, 0.29) is 6.03 Å². The van der Waals surface area contributed by atoms with E-state index in [9.17, 15) is 4.79 Å².